The molecule has 0 radical (unpaired) electrons. The van der Waals surface area contributed by atoms with E-state index in [1.54, 1.807) is 11.8 Å². The molecule has 0 saturated carbocycles. The lowest BCUT2D eigenvalue weighted by molar-refractivity contribution is 0.0306. The Balaban J connectivity index is 2.36. The quantitative estimate of drug-likeness (QED) is 0.768. The minimum Gasteiger partial charge on any atom is -0.450 e. The highest BCUT2D eigenvalue weighted by atomic mass is 16.6. The van der Waals surface area contributed by atoms with Crippen molar-refractivity contribution in [2.75, 3.05) is 32.8 Å². The van der Waals surface area contributed by atoms with Gasteiger partial charge in [-0.3, -0.25) is 4.90 Å². The summed E-state index contributed by atoms with van der Waals surface area (Å²) < 4.78 is 4.94. The number of carbonyl (C=O) groups excluding carboxylic acids is 1. The molecule has 94 valence electrons. The SMILES string of the molecule is CCOC(=O)N1CCN(C(C)C(C)O)CC1. The van der Waals surface area contributed by atoms with Gasteiger partial charge in [-0.15, -0.1) is 0 Å². The van der Waals surface area contributed by atoms with Gasteiger partial charge in [0.05, 0.1) is 12.7 Å². The van der Waals surface area contributed by atoms with Crippen molar-refractivity contribution in [3.8, 4) is 0 Å². The second kappa shape index (κ2) is 6.06. The first-order valence-corrected chi connectivity index (χ1v) is 5.90. The number of aliphatic hydroxyl groups excluding tert-OH is 1. The number of ether oxygens (including phenoxy) is 1. The standard InChI is InChI=1S/C11H22N2O3/c1-4-16-11(15)13-7-5-12(6-8-13)9(2)10(3)14/h9-10,14H,4-8H2,1-3H3. The van der Waals surface area contributed by atoms with E-state index < -0.39 is 0 Å². The van der Waals surface area contributed by atoms with Crippen LogP contribution < -0.4 is 0 Å². The fourth-order valence-corrected chi connectivity index (χ4v) is 1.83. The zero-order valence-electron chi connectivity index (χ0n) is 10.3. The van der Waals surface area contributed by atoms with Crippen molar-refractivity contribution in [3.63, 3.8) is 0 Å². The molecular formula is C11H22N2O3. The molecule has 1 N–H and O–H groups in total. The average molecular weight is 230 g/mol. The Bertz CT molecular complexity index is 225. The van der Waals surface area contributed by atoms with E-state index in [-0.39, 0.29) is 18.2 Å². The molecule has 2 atom stereocenters. The predicted molar refractivity (Wildman–Crippen MR) is 61.3 cm³/mol. The van der Waals surface area contributed by atoms with Gasteiger partial charge in [-0.25, -0.2) is 4.79 Å². The second-order valence-electron chi connectivity index (χ2n) is 4.20. The summed E-state index contributed by atoms with van der Waals surface area (Å²) in [5.74, 6) is 0. The lowest BCUT2D eigenvalue weighted by Crippen LogP contribution is -2.53. The Kier molecular flexibility index (Phi) is 5.02. The molecule has 1 rings (SSSR count). The van der Waals surface area contributed by atoms with Gasteiger partial charge in [0.25, 0.3) is 0 Å². The Morgan fingerprint density at radius 1 is 1.31 bits per heavy atom. The molecule has 1 aliphatic heterocycles. The molecular weight excluding hydrogens is 208 g/mol. The van der Waals surface area contributed by atoms with E-state index in [4.69, 9.17) is 4.74 Å². The monoisotopic (exact) mass is 230 g/mol. The maximum absolute atomic E-state index is 11.4. The van der Waals surface area contributed by atoms with Crippen LogP contribution in [0.3, 0.4) is 0 Å². The molecule has 1 aliphatic rings. The molecule has 1 heterocycles. The van der Waals surface area contributed by atoms with Crippen LogP contribution in [-0.2, 0) is 4.74 Å². The molecule has 1 amide bonds. The smallest absolute Gasteiger partial charge is 0.409 e. The number of carbonyl (C=O) groups is 1. The van der Waals surface area contributed by atoms with Crippen LogP contribution >= 0.6 is 0 Å². The van der Waals surface area contributed by atoms with Crippen LogP contribution in [0.25, 0.3) is 0 Å². The molecule has 16 heavy (non-hydrogen) atoms. The average Bonchev–Trinajstić information content (AvgIpc) is 2.28. The number of piperazine rings is 1. The van der Waals surface area contributed by atoms with Crippen molar-refractivity contribution in [3.05, 3.63) is 0 Å². The highest BCUT2D eigenvalue weighted by Gasteiger charge is 2.26. The summed E-state index contributed by atoms with van der Waals surface area (Å²) in [5, 5.41) is 9.49. The first-order chi connectivity index (χ1) is 7.56. The largest absolute Gasteiger partial charge is 0.450 e. The minimum absolute atomic E-state index is 0.143. The third kappa shape index (κ3) is 3.35. The van der Waals surface area contributed by atoms with Crippen molar-refractivity contribution >= 4 is 6.09 Å². The minimum atomic E-state index is -0.339. The topological polar surface area (TPSA) is 53.0 Å². The summed E-state index contributed by atoms with van der Waals surface area (Å²) in [7, 11) is 0. The third-order valence-electron chi connectivity index (χ3n) is 3.11. The van der Waals surface area contributed by atoms with E-state index >= 15 is 0 Å². The maximum atomic E-state index is 11.4. The van der Waals surface area contributed by atoms with E-state index in [0.717, 1.165) is 13.1 Å². The normalized spacial score (nSPS) is 21.6. The highest BCUT2D eigenvalue weighted by molar-refractivity contribution is 5.67. The summed E-state index contributed by atoms with van der Waals surface area (Å²) in [6, 6.07) is 0.143. The summed E-state index contributed by atoms with van der Waals surface area (Å²) >= 11 is 0. The van der Waals surface area contributed by atoms with E-state index in [1.165, 1.54) is 0 Å². The van der Waals surface area contributed by atoms with E-state index in [1.807, 2.05) is 13.8 Å². The maximum Gasteiger partial charge on any atom is 0.409 e. The van der Waals surface area contributed by atoms with Gasteiger partial charge < -0.3 is 14.7 Å². The van der Waals surface area contributed by atoms with Crippen molar-refractivity contribution in [2.45, 2.75) is 32.9 Å². The highest BCUT2D eigenvalue weighted by Crippen LogP contribution is 2.09. The predicted octanol–water partition coefficient (Wildman–Crippen LogP) is 0.530. The zero-order chi connectivity index (χ0) is 12.1. The number of hydrogen-bond donors (Lipinski definition) is 1. The Morgan fingerprint density at radius 2 is 1.88 bits per heavy atom. The van der Waals surface area contributed by atoms with Gasteiger partial charge in [0.15, 0.2) is 0 Å². The first-order valence-electron chi connectivity index (χ1n) is 5.90. The molecule has 5 heteroatoms. The number of amides is 1. The molecule has 0 spiro atoms. The number of nitrogens with zero attached hydrogens (tertiary/aromatic N) is 2. The fourth-order valence-electron chi connectivity index (χ4n) is 1.83. The molecule has 0 aromatic heterocycles. The van der Waals surface area contributed by atoms with E-state index in [2.05, 4.69) is 4.90 Å². The van der Waals surface area contributed by atoms with Gasteiger partial charge in [-0.2, -0.15) is 0 Å². The summed E-state index contributed by atoms with van der Waals surface area (Å²) in [4.78, 5) is 15.4. The van der Waals surface area contributed by atoms with Crippen LogP contribution in [0.4, 0.5) is 4.79 Å². The summed E-state index contributed by atoms with van der Waals surface area (Å²) in [6.45, 7) is 8.97. The van der Waals surface area contributed by atoms with Gasteiger partial charge in [0.1, 0.15) is 0 Å². The van der Waals surface area contributed by atoms with Crippen molar-refractivity contribution in [1.29, 1.82) is 0 Å². The number of aliphatic hydroxyl groups is 1. The first kappa shape index (κ1) is 13.3. The fraction of sp³-hybridized carbons (Fsp3) is 0.909. The molecule has 1 fully saturated rings. The van der Waals surface area contributed by atoms with Crippen molar-refractivity contribution in [2.24, 2.45) is 0 Å². The van der Waals surface area contributed by atoms with Crippen LogP contribution in [0.2, 0.25) is 0 Å². The van der Waals surface area contributed by atoms with Crippen molar-refractivity contribution < 1.29 is 14.6 Å². The lowest BCUT2D eigenvalue weighted by Gasteiger charge is -2.38. The van der Waals surface area contributed by atoms with Gasteiger partial charge in [-0.1, -0.05) is 0 Å². The Morgan fingerprint density at radius 3 is 2.31 bits per heavy atom. The van der Waals surface area contributed by atoms with Crippen LogP contribution in [0.5, 0.6) is 0 Å². The molecule has 0 bridgehead atoms. The number of rotatable bonds is 3. The molecule has 0 aliphatic carbocycles. The zero-order valence-corrected chi connectivity index (χ0v) is 10.3. The van der Waals surface area contributed by atoms with Crippen LogP contribution in [0.15, 0.2) is 0 Å². The number of hydrogen-bond acceptors (Lipinski definition) is 4. The van der Waals surface area contributed by atoms with E-state index in [9.17, 15) is 9.90 Å². The summed E-state index contributed by atoms with van der Waals surface area (Å²) in [5.41, 5.74) is 0. The second-order valence-corrected chi connectivity index (χ2v) is 4.20. The molecule has 1 saturated heterocycles. The Hall–Kier alpha value is -0.810. The molecule has 0 aromatic carbocycles. The van der Waals surface area contributed by atoms with Crippen LogP contribution in [-0.4, -0.2) is 65.9 Å². The van der Waals surface area contributed by atoms with Gasteiger partial charge in [-0.05, 0) is 20.8 Å². The van der Waals surface area contributed by atoms with E-state index in [0.29, 0.717) is 19.7 Å². The summed E-state index contributed by atoms with van der Waals surface area (Å²) in [6.07, 6.45) is -0.569. The Labute approximate surface area is 97.0 Å². The van der Waals surface area contributed by atoms with Crippen LogP contribution in [0.1, 0.15) is 20.8 Å². The van der Waals surface area contributed by atoms with Gasteiger partial charge >= 0.3 is 6.09 Å². The molecule has 2 unspecified atom stereocenters. The molecule has 5 nitrogen and oxygen atoms in total. The van der Waals surface area contributed by atoms with Crippen molar-refractivity contribution in [1.82, 2.24) is 9.80 Å². The third-order valence-corrected chi connectivity index (χ3v) is 3.11. The van der Waals surface area contributed by atoms with Gasteiger partial charge in [0.2, 0.25) is 0 Å². The van der Waals surface area contributed by atoms with Crippen LogP contribution in [0, 0.1) is 0 Å². The molecule has 0 aromatic rings. The van der Waals surface area contributed by atoms with Gasteiger partial charge in [0, 0.05) is 32.2 Å². The lowest BCUT2D eigenvalue weighted by atomic mass is 10.1.